The van der Waals surface area contributed by atoms with Crippen molar-refractivity contribution in [3.63, 3.8) is 0 Å². The van der Waals surface area contributed by atoms with Gasteiger partial charge in [0.25, 0.3) is 10.0 Å². The summed E-state index contributed by atoms with van der Waals surface area (Å²) < 4.78 is 27.9. The zero-order valence-electron chi connectivity index (χ0n) is 18.3. The summed E-state index contributed by atoms with van der Waals surface area (Å²) in [5.74, 6) is -0.314. The second kappa shape index (κ2) is 9.28. The van der Waals surface area contributed by atoms with E-state index >= 15 is 0 Å². The average molecular weight is 450 g/mol. The fourth-order valence-corrected chi connectivity index (χ4v) is 4.03. The number of anilines is 3. The first-order valence-corrected chi connectivity index (χ1v) is 11.6. The molecule has 0 aliphatic heterocycles. The fourth-order valence-electron chi connectivity index (χ4n) is 2.97. The molecule has 0 spiro atoms. The van der Waals surface area contributed by atoms with Crippen LogP contribution in [-0.2, 0) is 20.2 Å². The van der Waals surface area contributed by atoms with Gasteiger partial charge >= 0.3 is 0 Å². The molecule has 0 saturated carbocycles. The smallest absolute Gasteiger partial charge is 0.261 e. The van der Waals surface area contributed by atoms with Crippen molar-refractivity contribution in [1.29, 1.82) is 0 Å². The Labute approximate surface area is 189 Å². The standard InChI is InChI=1S/C25H27N3O3S/c1-25(2,3)19-11-15-21(16-12-19)32(30,31)28-20-13-8-18(9-14-20)10-17-24(29)27-23-7-5-4-6-22(23)26/h4-17,28H,26H2,1-3H3,(H,27,29)/b17-10+. The van der Waals surface area contributed by atoms with Gasteiger partial charge in [-0.15, -0.1) is 0 Å². The monoisotopic (exact) mass is 449 g/mol. The third-order valence-corrected chi connectivity index (χ3v) is 6.24. The van der Waals surface area contributed by atoms with E-state index in [4.69, 9.17) is 5.73 Å². The van der Waals surface area contributed by atoms with Crippen molar-refractivity contribution in [3.8, 4) is 0 Å². The number of carbonyl (C=O) groups excluding carboxylic acids is 1. The van der Waals surface area contributed by atoms with Crippen LogP contribution in [0.2, 0.25) is 0 Å². The molecule has 0 saturated heterocycles. The zero-order valence-corrected chi connectivity index (χ0v) is 19.1. The molecule has 0 atom stereocenters. The number of amides is 1. The van der Waals surface area contributed by atoms with E-state index < -0.39 is 10.0 Å². The highest BCUT2D eigenvalue weighted by Gasteiger charge is 2.17. The summed E-state index contributed by atoms with van der Waals surface area (Å²) in [7, 11) is -3.70. The number of hydrogen-bond donors (Lipinski definition) is 3. The van der Waals surface area contributed by atoms with Crippen LogP contribution in [0.15, 0.2) is 83.8 Å². The summed E-state index contributed by atoms with van der Waals surface area (Å²) in [5.41, 5.74) is 9.04. The maximum absolute atomic E-state index is 12.7. The molecule has 0 unspecified atom stereocenters. The van der Waals surface area contributed by atoms with Gasteiger partial charge in [-0.3, -0.25) is 9.52 Å². The van der Waals surface area contributed by atoms with Crippen molar-refractivity contribution in [2.45, 2.75) is 31.1 Å². The molecule has 166 valence electrons. The number of carbonyl (C=O) groups is 1. The van der Waals surface area contributed by atoms with Crippen LogP contribution in [0.1, 0.15) is 31.9 Å². The number of hydrogen-bond acceptors (Lipinski definition) is 4. The summed E-state index contributed by atoms with van der Waals surface area (Å²) in [4.78, 5) is 12.3. The largest absolute Gasteiger partial charge is 0.397 e. The number of nitrogens with two attached hydrogens (primary N) is 1. The third-order valence-electron chi connectivity index (χ3n) is 4.84. The lowest BCUT2D eigenvalue weighted by Gasteiger charge is -2.19. The Morgan fingerprint density at radius 1 is 0.906 bits per heavy atom. The van der Waals surface area contributed by atoms with E-state index in [1.165, 1.54) is 6.08 Å². The van der Waals surface area contributed by atoms with Crippen LogP contribution in [0.3, 0.4) is 0 Å². The fraction of sp³-hybridized carbons (Fsp3) is 0.160. The van der Waals surface area contributed by atoms with Gasteiger partial charge in [0.15, 0.2) is 0 Å². The van der Waals surface area contributed by atoms with Crippen molar-refractivity contribution in [2.75, 3.05) is 15.8 Å². The van der Waals surface area contributed by atoms with Gasteiger partial charge in [0.2, 0.25) is 5.91 Å². The van der Waals surface area contributed by atoms with Gasteiger partial charge in [0.1, 0.15) is 0 Å². The van der Waals surface area contributed by atoms with Crippen molar-refractivity contribution >= 4 is 39.1 Å². The number of rotatable bonds is 6. The van der Waals surface area contributed by atoms with E-state index in [1.54, 1.807) is 66.7 Å². The lowest BCUT2D eigenvalue weighted by atomic mass is 9.87. The Balaban J connectivity index is 1.64. The Bertz CT molecular complexity index is 1220. The molecule has 0 fully saturated rings. The van der Waals surface area contributed by atoms with E-state index in [1.807, 2.05) is 12.1 Å². The predicted octanol–water partition coefficient (Wildman–Crippen LogP) is 5.02. The normalized spacial score (nSPS) is 12.0. The number of sulfonamides is 1. The molecule has 0 aromatic heterocycles. The number of nitrogens with one attached hydrogen (secondary N) is 2. The Hall–Kier alpha value is -3.58. The van der Waals surface area contributed by atoms with E-state index in [9.17, 15) is 13.2 Å². The van der Waals surface area contributed by atoms with E-state index in [0.717, 1.165) is 11.1 Å². The SMILES string of the molecule is CC(C)(C)c1ccc(S(=O)(=O)Nc2ccc(/C=C/C(=O)Nc3ccccc3N)cc2)cc1. The minimum atomic E-state index is -3.70. The molecule has 0 bridgehead atoms. The van der Waals surface area contributed by atoms with Crippen molar-refractivity contribution < 1.29 is 13.2 Å². The number of para-hydroxylation sites is 2. The Kier molecular flexibility index (Phi) is 6.69. The van der Waals surface area contributed by atoms with Gasteiger partial charge in [-0.05, 0) is 59.0 Å². The van der Waals surface area contributed by atoms with Gasteiger partial charge in [-0.2, -0.15) is 0 Å². The van der Waals surface area contributed by atoms with E-state index in [2.05, 4.69) is 30.8 Å². The Morgan fingerprint density at radius 3 is 2.12 bits per heavy atom. The van der Waals surface area contributed by atoms with Crippen LogP contribution < -0.4 is 15.8 Å². The third kappa shape index (κ3) is 5.98. The van der Waals surface area contributed by atoms with Crippen molar-refractivity contribution in [2.24, 2.45) is 0 Å². The maximum atomic E-state index is 12.7. The highest BCUT2D eigenvalue weighted by Crippen LogP contribution is 2.24. The molecule has 4 N–H and O–H groups in total. The number of benzene rings is 3. The summed E-state index contributed by atoms with van der Waals surface area (Å²) in [6.07, 6.45) is 3.03. The molecule has 0 aliphatic carbocycles. The first kappa shape index (κ1) is 23.1. The average Bonchev–Trinajstić information content (AvgIpc) is 2.74. The second-order valence-corrected chi connectivity index (χ2v) is 10.1. The Morgan fingerprint density at radius 2 is 1.53 bits per heavy atom. The minimum absolute atomic E-state index is 0.0519. The highest BCUT2D eigenvalue weighted by molar-refractivity contribution is 7.92. The highest BCUT2D eigenvalue weighted by atomic mass is 32.2. The summed E-state index contributed by atoms with van der Waals surface area (Å²) in [6, 6.07) is 20.6. The molecule has 3 aromatic carbocycles. The quantitative estimate of drug-likeness (QED) is 0.363. The second-order valence-electron chi connectivity index (χ2n) is 8.41. The summed E-state index contributed by atoms with van der Waals surface area (Å²) in [5, 5.41) is 2.71. The molecule has 6 nitrogen and oxygen atoms in total. The molecule has 0 heterocycles. The topological polar surface area (TPSA) is 101 Å². The molecule has 3 aromatic rings. The van der Waals surface area contributed by atoms with Gasteiger partial charge in [0, 0.05) is 11.8 Å². The van der Waals surface area contributed by atoms with Gasteiger partial charge in [-0.1, -0.05) is 57.2 Å². The zero-order chi connectivity index (χ0) is 23.4. The lowest BCUT2D eigenvalue weighted by molar-refractivity contribution is -0.111. The first-order chi connectivity index (χ1) is 15.0. The van der Waals surface area contributed by atoms with Crippen LogP contribution >= 0.6 is 0 Å². The van der Waals surface area contributed by atoms with Crippen LogP contribution in [-0.4, -0.2) is 14.3 Å². The first-order valence-electron chi connectivity index (χ1n) is 10.1. The molecule has 0 aliphatic rings. The van der Waals surface area contributed by atoms with Crippen LogP contribution in [0.25, 0.3) is 6.08 Å². The molecule has 3 rings (SSSR count). The lowest BCUT2D eigenvalue weighted by Crippen LogP contribution is -2.14. The molecule has 7 heteroatoms. The molecular weight excluding hydrogens is 422 g/mol. The minimum Gasteiger partial charge on any atom is -0.397 e. The summed E-state index contributed by atoms with van der Waals surface area (Å²) >= 11 is 0. The van der Waals surface area contributed by atoms with Crippen LogP contribution in [0.4, 0.5) is 17.1 Å². The molecular formula is C25H27N3O3S. The van der Waals surface area contributed by atoms with Crippen molar-refractivity contribution in [1.82, 2.24) is 0 Å². The number of nitrogen functional groups attached to an aromatic ring is 1. The van der Waals surface area contributed by atoms with E-state index in [0.29, 0.717) is 17.1 Å². The molecule has 1 amide bonds. The van der Waals surface area contributed by atoms with Crippen molar-refractivity contribution in [3.05, 3.63) is 90.0 Å². The van der Waals surface area contributed by atoms with Gasteiger partial charge in [0.05, 0.1) is 16.3 Å². The summed E-state index contributed by atoms with van der Waals surface area (Å²) in [6.45, 7) is 6.22. The predicted molar refractivity (Wildman–Crippen MR) is 131 cm³/mol. The van der Waals surface area contributed by atoms with Gasteiger partial charge < -0.3 is 11.1 Å². The maximum Gasteiger partial charge on any atom is 0.261 e. The van der Waals surface area contributed by atoms with Gasteiger partial charge in [-0.25, -0.2) is 8.42 Å². The van der Waals surface area contributed by atoms with Crippen LogP contribution in [0.5, 0.6) is 0 Å². The molecule has 0 radical (unpaired) electrons. The van der Waals surface area contributed by atoms with Crippen LogP contribution in [0, 0.1) is 0 Å². The molecule has 32 heavy (non-hydrogen) atoms. The van der Waals surface area contributed by atoms with E-state index in [-0.39, 0.29) is 16.2 Å².